The van der Waals surface area contributed by atoms with E-state index in [-0.39, 0.29) is 5.41 Å². The molecular weight excluding hydrogens is 574 g/mol. The van der Waals surface area contributed by atoms with Crippen molar-refractivity contribution in [1.82, 2.24) is 0 Å². The Morgan fingerprint density at radius 2 is 0.810 bits per heavy atom. The van der Waals surface area contributed by atoms with E-state index in [0.717, 1.165) is 21.5 Å². The molecule has 0 saturated heterocycles. The van der Waals surface area contributed by atoms with Crippen LogP contribution in [0.2, 0.25) is 0 Å². The summed E-state index contributed by atoms with van der Waals surface area (Å²) in [6, 6.07) is 54.4. The summed E-state index contributed by atoms with van der Waals surface area (Å²) in [5.74, 6) is 0. The minimum atomic E-state index is 0.121. The Balaban J connectivity index is 1.43. The van der Waals surface area contributed by atoms with Gasteiger partial charge in [0.2, 0.25) is 0 Å². The van der Waals surface area contributed by atoms with Crippen LogP contribution in [0.15, 0.2) is 156 Å². The third kappa shape index (κ3) is 6.10. The van der Waals surface area contributed by atoms with E-state index in [9.17, 15) is 0 Å². The second-order valence-electron chi connectivity index (χ2n) is 11.7. The Bertz CT molecular complexity index is 1680. The molecule has 6 rings (SSSR count). The molecule has 6 aromatic rings. The zero-order chi connectivity index (χ0) is 29.1. The summed E-state index contributed by atoms with van der Waals surface area (Å²) in [4.78, 5) is 2.33. The van der Waals surface area contributed by atoms with Gasteiger partial charge in [-0.25, -0.2) is 0 Å². The molecule has 0 aliphatic rings. The zero-order valence-corrected chi connectivity index (χ0v) is 25.8. The Hall–Kier alpha value is -4.40. The van der Waals surface area contributed by atoms with E-state index in [4.69, 9.17) is 0 Å². The van der Waals surface area contributed by atoms with Gasteiger partial charge in [0, 0.05) is 21.5 Å². The van der Waals surface area contributed by atoms with Gasteiger partial charge in [-0.15, -0.1) is 0 Å². The smallest absolute Gasteiger partial charge is 0.0479 e. The normalized spacial score (nSPS) is 11.3. The summed E-state index contributed by atoms with van der Waals surface area (Å²) < 4.78 is 1.04. The van der Waals surface area contributed by atoms with Crippen molar-refractivity contribution in [3.8, 4) is 33.4 Å². The van der Waals surface area contributed by atoms with Gasteiger partial charge < -0.3 is 4.90 Å². The van der Waals surface area contributed by atoms with Crippen LogP contribution >= 0.6 is 15.9 Å². The lowest BCUT2D eigenvalue weighted by atomic mass is 9.86. The molecule has 0 aromatic heterocycles. The van der Waals surface area contributed by atoms with E-state index in [1.165, 1.54) is 38.9 Å². The first-order valence-corrected chi connectivity index (χ1v) is 15.2. The van der Waals surface area contributed by atoms with Gasteiger partial charge in [0.15, 0.2) is 0 Å². The quantitative estimate of drug-likeness (QED) is 0.182. The predicted octanol–water partition coefficient (Wildman–Crippen LogP) is 12.2. The number of rotatable bonds is 6. The highest BCUT2D eigenvalue weighted by molar-refractivity contribution is 9.10. The molecule has 206 valence electrons. The molecule has 0 radical (unpaired) electrons. The first-order valence-electron chi connectivity index (χ1n) is 14.4. The molecule has 2 heteroatoms. The fourth-order valence-electron chi connectivity index (χ4n) is 5.35. The molecule has 0 aliphatic carbocycles. The predicted molar refractivity (Wildman–Crippen MR) is 184 cm³/mol. The highest BCUT2D eigenvalue weighted by Gasteiger charge is 2.17. The highest BCUT2D eigenvalue weighted by Crippen LogP contribution is 2.40. The minimum absolute atomic E-state index is 0.121. The van der Waals surface area contributed by atoms with Crippen LogP contribution in [0, 0.1) is 0 Å². The van der Waals surface area contributed by atoms with Gasteiger partial charge >= 0.3 is 0 Å². The maximum absolute atomic E-state index is 3.83. The van der Waals surface area contributed by atoms with Gasteiger partial charge in [-0.2, -0.15) is 0 Å². The van der Waals surface area contributed by atoms with Crippen LogP contribution in [0.4, 0.5) is 17.1 Å². The van der Waals surface area contributed by atoms with Crippen molar-refractivity contribution in [3.63, 3.8) is 0 Å². The Kier molecular flexibility index (Phi) is 7.82. The van der Waals surface area contributed by atoms with Crippen LogP contribution in [0.25, 0.3) is 33.4 Å². The lowest BCUT2D eigenvalue weighted by Crippen LogP contribution is -2.11. The lowest BCUT2D eigenvalue weighted by molar-refractivity contribution is 0.590. The molecule has 0 fully saturated rings. The van der Waals surface area contributed by atoms with E-state index in [1.54, 1.807) is 0 Å². The van der Waals surface area contributed by atoms with Crippen LogP contribution < -0.4 is 4.90 Å². The number of anilines is 3. The second-order valence-corrected chi connectivity index (χ2v) is 12.6. The number of benzene rings is 6. The van der Waals surface area contributed by atoms with Gasteiger partial charge in [0.25, 0.3) is 0 Å². The standard InChI is InChI=1S/C40H34BrN/c1-40(2,3)35-20-14-33(15-21-35)34-26-36(41)28-39(27-34)42(37-22-16-31(17-23-37)29-10-6-4-7-11-29)38-24-18-32(19-25-38)30-12-8-5-9-13-30/h4-28H,1-3H3. The zero-order valence-electron chi connectivity index (χ0n) is 24.3. The second kappa shape index (κ2) is 11.8. The molecule has 0 amide bonds. The summed E-state index contributed by atoms with van der Waals surface area (Å²) in [7, 11) is 0. The van der Waals surface area contributed by atoms with Gasteiger partial charge in [-0.1, -0.05) is 146 Å². The first-order chi connectivity index (χ1) is 20.3. The van der Waals surface area contributed by atoms with Crippen molar-refractivity contribution >= 4 is 33.0 Å². The molecular formula is C40H34BrN. The molecule has 0 atom stereocenters. The largest absolute Gasteiger partial charge is 0.310 e. The molecule has 0 unspecified atom stereocenters. The van der Waals surface area contributed by atoms with Crippen LogP contribution in [0.3, 0.4) is 0 Å². The van der Waals surface area contributed by atoms with E-state index >= 15 is 0 Å². The molecule has 0 saturated carbocycles. The third-order valence-electron chi connectivity index (χ3n) is 7.69. The highest BCUT2D eigenvalue weighted by atomic mass is 79.9. The fourth-order valence-corrected chi connectivity index (χ4v) is 5.83. The summed E-state index contributed by atoms with van der Waals surface area (Å²) in [6.07, 6.45) is 0. The van der Waals surface area contributed by atoms with Crippen molar-refractivity contribution in [2.24, 2.45) is 0 Å². The molecule has 0 heterocycles. The first kappa shape index (κ1) is 27.8. The van der Waals surface area contributed by atoms with E-state index < -0.39 is 0 Å². The molecule has 0 bridgehead atoms. The molecule has 1 nitrogen and oxygen atoms in total. The van der Waals surface area contributed by atoms with Crippen molar-refractivity contribution < 1.29 is 0 Å². The van der Waals surface area contributed by atoms with Crippen LogP contribution in [0.5, 0.6) is 0 Å². The van der Waals surface area contributed by atoms with Crippen LogP contribution in [-0.2, 0) is 5.41 Å². The van der Waals surface area contributed by atoms with Crippen molar-refractivity contribution in [2.45, 2.75) is 26.2 Å². The molecule has 0 N–H and O–H groups in total. The van der Waals surface area contributed by atoms with E-state index in [1.807, 2.05) is 0 Å². The van der Waals surface area contributed by atoms with Gasteiger partial charge in [-0.05, 0) is 86.8 Å². The SMILES string of the molecule is CC(C)(C)c1ccc(-c2cc(Br)cc(N(c3ccc(-c4ccccc4)cc3)c3ccc(-c4ccccc4)cc3)c2)cc1. The van der Waals surface area contributed by atoms with Crippen molar-refractivity contribution in [3.05, 3.63) is 162 Å². The summed E-state index contributed by atoms with van der Waals surface area (Å²) in [5, 5.41) is 0. The van der Waals surface area contributed by atoms with Crippen molar-refractivity contribution in [1.29, 1.82) is 0 Å². The summed E-state index contributed by atoms with van der Waals surface area (Å²) in [5.41, 5.74) is 12.0. The minimum Gasteiger partial charge on any atom is -0.310 e. The van der Waals surface area contributed by atoms with Gasteiger partial charge in [-0.3, -0.25) is 0 Å². The number of nitrogens with zero attached hydrogens (tertiary/aromatic N) is 1. The average Bonchev–Trinajstić information content (AvgIpc) is 3.02. The van der Waals surface area contributed by atoms with Gasteiger partial charge in [0.05, 0.1) is 0 Å². The number of hydrogen-bond donors (Lipinski definition) is 0. The van der Waals surface area contributed by atoms with Crippen molar-refractivity contribution in [2.75, 3.05) is 4.90 Å². The molecule has 0 aliphatic heterocycles. The Morgan fingerprint density at radius 1 is 0.405 bits per heavy atom. The van der Waals surface area contributed by atoms with E-state index in [2.05, 4.69) is 193 Å². The maximum atomic E-state index is 3.83. The maximum Gasteiger partial charge on any atom is 0.0479 e. The van der Waals surface area contributed by atoms with E-state index in [0.29, 0.717) is 0 Å². The van der Waals surface area contributed by atoms with Gasteiger partial charge in [0.1, 0.15) is 0 Å². The fraction of sp³-hybridized carbons (Fsp3) is 0.100. The summed E-state index contributed by atoms with van der Waals surface area (Å²) in [6.45, 7) is 6.76. The average molecular weight is 609 g/mol. The monoisotopic (exact) mass is 607 g/mol. The molecule has 6 aromatic carbocycles. The number of hydrogen-bond acceptors (Lipinski definition) is 1. The Morgan fingerprint density at radius 3 is 1.26 bits per heavy atom. The summed E-state index contributed by atoms with van der Waals surface area (Å²) >= 11 is 3.83. The number of halogens is 1. The molecule has 42 heavy (non-hydrogen) atoms. The third-order valence-corrected chi connectivity index (χ3v) is 8.15. The lowest BCUT2D eigenvalue weighted by Gasteiger charge is -2.27. The van der Waals surface area contributed by atoms with Crippen LogP contribution in [-0.4, -0.2) is 0 Å². The topological polar surface area (TPSA) is 3.24 Å². The van der Waals surface area contributed by atoms with Crippen LogP contribution in [0.1, 0.15) is 26.3 Å². The Labute approximate surface area is 258 Å². The molecule has 0 spiro atoms.